The molecule has 0 saturated heterocycles. The van der Waals surface area contributed by atoms with Crippen molar-refractivity contribution >= 4 is 32.8 Å². The van der Waals surface area contributed by atoms with Gasteiger partial charge in [0.1, 0.15) is 17.3 Å². The topological polar surface area (TPSA) is 35.9 Å². The van der Waals surface area contributed by atoms with Gasteiger partial charge in [-0.1, -0.05) is 250 Å². The number of imidazole rings is 1. The van der Waals surface area contributed by atoms with Crippen LogP contribution in [0.3, 0.4) is 0 Å². The minimum atomic E-state index is -2.89. The normalized spacial score (nSPS) is 16.3. The van der Waals surface area contributed by atoms with Crippen LogP contribution < -0.4 is 9.30 Å². The minimum Gasteiger partial charge on any atom is -0.458 e. The Hall–Kier alpha value is -10.4. The van der Waals surface area contributed by atoms with Gasteiger partial charge < -0.3 is 4.74 Å². The highest BCUT2D eigenvalue weighted by Crippen LogP contribution is 2.44. The molecule has 3 heterocycles. The Morgan fingerprint density at radius 1 is 0.433 bits per heavy atom. The number of rotatable bonds is 11. The number of nitrogens with zero attached hydrogens (tertiary/aromatic N) is 4. The van der Waals surface area contributed by atoms with E-state index in [9.17, 15) is 15.1 Å². The SMILES string of the molecule is [2H]c1c([2H])c([2H])c(-c2cnc(-n3c4ccccc4c4ccc(Oc5cccc(-n6[c-][n+](-c7c(-c8c([2H])c([2H])c([2H])c([2H])c8[2H])cc(C(C)(C)C)cc7-c7c([2H])c(-c8c([2H])c([2H])c([2H])c([2H])c8[2H])c([2H])c(-c8c([2H])c([2H])c([2H])c([2H])c8[2H])c7[2H])c7ccc(-c8cc(C(C)(C)C)cc(C(C)(C)C)c8)cc76)c5)cc43)cc2C([2H])([2H])[2H])c([2H])c1[2H]. The van der Waals surface area contributed by atoms with Crippen molar-refractivity contribution in [2.45, 2.75) is 85.4 Å². The van der Waals surface area contributed by atoms with Crippen LogP contribution in [0.25, 0.3) is 117 Å². The number of ether oxygens (including phenoxy) is 1. The van der Waals surface area contributed by atoms with Gasteiger partial charge >= 0.3 is 0 Å². The van der Waals surface area contributed by atoms with E-state index in [1.807, 2.05) is 57.2 Å². The molecular formula is C85H74N4O. The fraction of sp³-hybridized carbons (Fsp3) is 0.153. The summed E-state index contributed by atoms with van der Waals surface area (Å²) in [7, 11) is 0. The van der Waals surface area contributed by atoms with E-state index in [-0.39, 0.29) is 72.7 Å². The Morgan fingerprint density at radius 2 is 0.978 bits per heavy atom. The monoisotopic (exact) mass is 1190 g/mol. The van der Waals surface area contributed by atoms with E-state index in [1.54, 1.807) is 69.8 Å². The highest BCUT2D eigenvalue weighted by Gasteiger charge is 2.27. The first-order chi connectivity index (χ1) is 54.2. The van der Waals surface area contributed by atoms with E-state index in [4.69, 9.17) is 30.3 Å². The van der Waals surface area contributed by atoms with Crippen molar-refractivity contribution in [2.24, 2.45) is 0 Å². The number of pyridine rings is 1. The Balaban J connectivity index is 1.08. The fourth-order valence-electron chi connectivity index (χ4n) is 11.2. The van der Waals surface area contributed by atoms with Gasteiger partial charge in [-0.2, -0.15) is 0 Å². The summed E-state index contributed by atoms with van der Waals surface area (Å²) < 4.78 is 249. The first-order valence-electron chi connectivity index (χ1n) is 42.3. The largest absolute Gasteiger partial charge is 0.458 e. The van der Waals surface area contributed by atoms with Gasteiger partial charge in [0, 0.05) is 32.7 Å². The van der Waals surface area contributed by atoms with Crippen molar-refractivity contribution in [2.75, 3.05) is 0 Å². The van der Waals surface area contributed by atoms with Gasteiger partial charge in [0.25, 0.3) is 6.33 Å². The van der Waals surface area contributed by atoms with Gasteiger partial charge in [-0.15, -0.1) is 0 Å². The molecule has 0 N–H and O–H groups in total. The Labute approximate surface area is 566 Å². The van der Waals surface area contributed by atoms with Crippen LogP contribution in [-0.4, -0.2) is 14.1 Å². The van der Waals surface area contributed by atoms with Gasteiger partial charge in [0.2, 0.25) is 0 Å². The molecule has 0 saturated carbocycles. The maximum Gasteiger partial charge on any atom is 0.269 e. The lowest BCUT2D eigenvalue weighted by Gasteiger charge is -2.26. The van der Waals surface area contributed by atoms with Crippen LogP contribution in [0.2, 0.25) is 0 Å². The molecule has 14 aromatic rings. The molecule has 0 aliphatic rings. The summed E-state index contributed by atoms with van der Waals surface area (Å²) in [6, 6.07) is 18.0. The fourth-order valence-corrected chi connectivity index (χ4v) is 11.2. The molecule has 0 unspecified atom stereocenters. The van der Waals surface area contributed by atoms with Crippen molar-refractivity contribution < 1.29 is 44.9 Å². The lowest BCUT2D eigenvalue weighted by molar-refractivity contribution is -0.571. The third-order valence-corrected chi connectivity index (χ3v) is 16.0. The molecule has 0 atom stereocenters. The molecule has 0 radical (unpaired) electrons. The van der Waals surface area contributed by atoms with Crippen molar-refractivity contribution in [3.05, 3.63) is 295 Å². The number of para-hydroxylation sites is 1. The minimum absolute atomic E-state index is 0.108. The molecule has 5 nitrogen and oxygen atoms in total. The average molecular weight is 1190 g/mol. The molecule has 5 heteroatoms. The Kier molecular flexibility index (Phi) is 8.81. The molecule has 440 valence electrons. The Bertz CT molecular complexity index is 6350. The first-order valence-corrected chi connectivity index (χ1v) is 29.3. The summed E-state index contributed by atoms with van der Waals surface area (Å²) in [4.78, 5) is 4.75. The third-order valence-electron chi connectivity index (χ3n) is 16.0. The molecule has 0 aliphatic heterocycles. The van der Waals surface area contributed by atoms with Gasteiger partial charge in [-0.05, 0) is 173 Å². The third kappa shape index (κ3) is 11.0. The number of benzene rings is 11. The maximum absolute atomic E-state index is 10.6. The van der Waals surface area contributed by atoms with Crippen LogP contribution in [0.5, 0.6) is 11.5 Å². The predicted octanol–water partition coefficient (Wildman–Crippen LogP) is 22.2. The molecule has 0 amide bonds. The highest BCUT2D eigenvalue weighted by molar-refractivity contribution is 6.09. The van der Waals surface area contributed by atoms with Crippen molar-refractivity contribution in [3.63, 3.8) is 0 Å². The lowest BCUT2D eigenvalue weighted by atomic mass is 9.79. The molecular weight excluding hydrogens is 1090 g/mol. The van der Waals surface area contributed by atoms with Gasteiger partial charge in [0.15, 0.2) is 0 Å². The highest BCUT2D eigenvalue weighted by atomic mass is 16.5. The number of hydrogen-bond acceptors (Lipinski definition) is 2. The van der Waals surface area contributed by atoms with Crippen LogP contribution in [0.15, 0.2) is 266 Å². The lowest BCUT2D eigenvalue weighted by Crippen LogP contribution is -2.32. The van der Waals surface area contributed by atoms with Crippen molar-refractivity contribution in [3.8, 4) is 95.5 Å². The summed E-state index contributed by atoms with van der Waals surface area (Å²) in [6.45, 7) is 15.2. The molecule has 0 fully saturated rings. The molecule has 14 rings (SSSR count). The zero-order chi connectivity index (χ0) is 84.6. The van der Waals surface area contributed by atoms with E-state index >= 15 is 0 Å². The Morgan fingerprint density at radius 3 is 1.59 bits per heavy atom. The van der Waals surface area contributed by atoms with E-state index in [1.165, 1.54) is 16.8 Å². The van der Waals surface area contributed by atoms with Crippen LogP contribution >= 0.6 is 0 Å². The van der Waals surface area contributed by atoms with Gasteiger partial charge in [-0.3, -0.25) is 13.7 Å². The predicted molar refractivity (Wildman–Crippen MR) is 376 cm³/mol. The first kappa shape index (κ1) is 35.0. The van der Waals surface area contributed by atoms with E-state index in [0.29, 0.717) is 38.8 Å². The van der Waals surface area contributed by atoms with Crippen LogP contribution in [0, 0.1) is 13.2 Å². The van der Waals surface area contributed by atoms with Gasteiger partial charge in [-0.25, -0.2) is 4.98 Å². The van der Waals surface area contributed by atoms with Crippen LogP contribution in [0.4, 0.5) is 0 Å². The molecule has 90 heavy (non-hydrogen) atoms. The van der Waals surface area contributed by atoms with Crippen molar-refractivity contribution in [1.82, 2.24) is 14.1 Å². The molecule has 3 aromatic heterocycles. The smallest absolute Gasteiger partial charge is 0.269 e. The van der Waals surface area contributed by atoms with E-state index < -0.39 is 179 Å². The quantitative estimate of drug-likeness (QED) is 0.0956. The summed E-state index contributed by atoms with van der Waals surface area (Å²) >= 11 is 0. The van der Waals surface area contributed by atoms with Crippen LogP contribution in [0.1, 0.15) is 120 Å². The van der Waals surface area contributed by atoms with Gasteiger partial charge in [0.05, 0.1) is 65.0 Å². The summed E-state index contributed by atoms with van der Waals surface area (Å²) in [5, 5.41) is 1.44. The summed E-state index contributed by atoms with van der Waals surface area (Å²) in [5.74, 6) is 0.622. The average Bonchev–Trinajstić information content (AvgIpc) is 1.03. The zero-order valence-corrected chi connectivity index (χ0v) is 50.8. The molecule has 0 bridgehead atoms. The molecule has 0 spiro atoms. The van der Waals surface area contributed by atoms with E-state index in [2.05, 4.69) is 66.1 Å². The summed E-state index contributed by atoms with van der Waals surface area (Å²) in [6.07, 6.45) is 4.75. The second kappa shape index (κ2) is 22.7. The number of aryl methyl sites for hydroxylation is 1. The number of hydrogen-bond donors (Lipinski definition) is 0. The molecule has 0 aliphatic carbocycles. The summed E-state index contributed by atoms with van der Waals surface area (Å²) in [5.41, 5.74) is -0.645. The van der Waals surface area contributed by atoms with Crippen LogP contribution in [-0.2, 0) is 16.2 Å². The standard InChI is InChI=1S/C85H74N4O/c1-56-42-81(86-54-76(56)60-32-21-14-22-33-60)89-77-37-24-23-36-72(77)73-40-39-71(53-79(73)89)90-70-35-25-34-69(52-70)87-55-88(78-41-38-61(48-80(78)87)64-46-66(83(2,3)4)49-67(47-64)84(5,6)7)82-74(59-30-19-13-20-31-59)50-68(85(8,9)10)51-75(82)65-44-62(57-26-15-11-16-27-57)43-63(45-65)58-28-17-12-18-29-58/h11-54H,1-10H3/i1D3,11D,12D,13D,14D,15D,16D,17D,18D,19D,20D,21D,22D,26D,27D,28D,29D,30D,31D,32D,33D,43D,44D,45D. The number of fused-ring (bicyclic) bond motifs is 4. The van der Waals surface area contributed by atoms with Crippen molar-refractivity contribution in [1.29, 1.82) is 0 Å². The second-order valence-corrected chi connectivity index (χ2v) is 25.2. The molecule has 11 aromatic carbocycles. The number of aromatic nitrogens is 4. The zero-order valence-electron chi connectivity index (χ0n) is 76.8. The second-order valence-electron chi connectivity index (χ2n) is 25.2. The van der Waals surface area contributed by atoms with E-state index in [0.717, 1.165) is 22.1 Å². The maximum atomic E-state index is 10.6.